The van der Waals surface area contributed by atoms with Gasteiger partial charge in [0.05, 0.1) is 12.2 Å². The second kappa shape index (κ2) is 24.0. The van der Waals surface area contributed by atoms with Crippen LogP contribution in [0.4, 0.5) is 0 Å². The van der Waals surface area contributed by atoms with Crippen LogP contribution in [0.5, 0.6) is 5.75 Å². The summed E-state index contributed by atoms with van der Waals surface area (Å²) in [5.41, 5.74) is 1.07. The lowest BCUT2D eigenvalue weighted by Gasteiger charge is -2.14. The van der Waals surface area contributed by atoms with E-state index in [2.05, 4.69) is 31.4 Å². The summed E-state index contributed by atoms with van der Waals surface area (Å²) in [6, 6.07) is 5.24. The Morgan fingerprint density at radius 2 is 1.03 bits per heavy atom. The van der Waals surface area contributed by atoms with Crippen molar-refractivity contribution in [2.24, 2.45) is 0 Å². The maximum Gasteiger partial charge on any atom is 0.255 e. The third-order valence-electron chi connectivity index (χ3n) is 7.13. The van der Waals surface area contributed by atoms with Gasteiger partial charge in [0.1, 0.15) is 5.75 Å². The topological polar surface area (TPSA) is 67.4 Å². The first-order chi connectivity index (χ1) is 18.6. The van der Waals surface area contributed by atoms with E-state index in [0.717, 1.165) is 38.5 Å². The van der Waals surface area contributed by atoms with Gasteiger partial charge >= 0.3 is 0 Å². The van der Waals surface area contributed by atoms with Crippen molar-refractivity contribution in [2.45, 2.75) is 143 Å². The average Bonchev–Trinajstić information content (AvgIpc) is 2.93. The number of carbonyl (C=O) groups is 2. The molecule has 5 heteroatoms. The summed E-state index contributed by atoms with van der Waals surface area (Å²) in [7, 11) is 0. The Kier molecular flexibility index (Phi) is 21.5. The Morgan fingerprint density at radius 1 is 0.579 bits per heavy atom. The van der Waals surface area contributed by atoms with Gasteiger partial charge in [0.2, 0.25) is 0 Å². The van der Waals surface area contributed by atoms with Crippen LogP contribution < -0.4 is 15.4 Å². The quantitative estimate of drug-likeness (QED) is 0.124. The van der Waals surface area contributed by atoms with Crippen molar-refractivity contribution in [1.82, 2.24) is 10.6 Å². The van der Waals surface area contributed by atoms with Gasteiger partial charge in [0.15, 0.2) is 0 Å². The third kappa shape index (κ3) is 16.7. The van der Waals surface area contributed by atoms with Gasteiger partial charge in [-0.05, 0) is 37.5 Å². The summed E-state index contributed by atoms with van der Waals surface area (Å²) in [5, 5.41) is 6.09. The van der Waals surface area contributed by atoms with Gasteiger partial charge in [-0.15, -0.1) is 0 Å². The highest BCUT2D eigenvalue weighted by Gasteiger charge is 2.16. The first-order valence-electron chi connectivity index (χ1n) is 16.0. The van der Waals surface area contributed by atoms with Crippen LogP contribution in [0.1, 0.15) is 163 Å². The molecule has 0 unspecified atom stereocenters. The van der Waals surface area contributed by atoms with E-state index in [-0.39, 0.29) is 11.8 Å². The lowest BCUT2D eigenvalue weighted by Crippen LogP contribution is -2.26. The number of unbranched alkanes of at least 4 members (excludes halogenated alkanes) is 16. The molecule has 2 N–H and O–H groups in total. The third-order valence-corrected chi connectivity index (χ3v) is 7.13. The number of amides is 2. The van der Waals surface area contributed by atoms with Gasteiger partial charge in [-0.3, -0.25) is 9.59 Å². The highest BCUT2D eigenvalue weighted by molar-refractivity contribution is 6.00. The van der Waals surface area contributed by atoms with E-state index in [1.54, 1.807) is 18.2 Å². The molecule has 0 aromatic heterocycles. The summed E-state index contributed by atoms with van der Waals surface area (Å²) >= 11 is 0. The molecule has 2 amide bonds. The minimum atomic E-state index is -0.119. The van der Waals surface area contributed by atoms with Crippen LogP contribution >= 0.6 is 0 Å². The smallest absolute Gasteiger partial charge is 0.255 e. The molecule has 0 spiro atoms. The van der Waals surface area contributed by atoms with Crippen molar-refractivity contribution in [1.29, 1.82) is 0 Å². The zero-order chi connectivity index (χ0) is 27.7. The van der Waals surface area contributed by atoms with Gasteiger partial charge in [-0.25, -0.2) is 0 Å². The number of benzene rings is 1. The van der Waals surface area contributed by atoms with Crippen molar-refractivity contribution in [3.05, 3.63) is 29.3 Å². The lowest BCUT2D eigenvalue weighted by molar-refractivity contribution is 0.0937. The lowest BCUT2D eigenvalue weighted by atomic mass is 10.1. The van der Waals surface area contributed by atoms with E-state index in [1.807, 2.05) is 0 Å². The summed E-state index contributed by atoms with van der Waals surface area (Å²) in [6.45, 7) is 8.58. The first kappa shape index (κ1) is 34.0. The Balaban J connectivity index is 2.58. The van der Waals surface area contributed by atoms with Gasteiger partial charge in [-0.2, -0.15) is 0 Å². The molecule has 0 saturated heterocycles. The Hall–Kier alpha value is -2.04. The molecule has 0 radical (unpaired) electrons. The standard InChI is InChI=1S/C33H58N2O3/c1-4-7-10-13-15-17-20-25-34-32(36)29-23-24-30(31(28-29)38-27-22-19-12-9-6-3)33(37)35-26-21-18-16-14-11-8-5-2/h23-24,28H,4-22,25-27H2,1-3H3,(H,34,36)(H,35,37). The second-order valence-corrected chi connectivity index (χ2v) is 10.7. The summed E-state index contributed by atoms with van der Waals surface area (Å²) in [5.74, 6) is 0.298. The predicted octanol–water partition coefficient (Wildman–Crippen LogP) is 9.00. The molecule has 1 rings (SSSR count). The molecule has 1 aromatic carbocycles. The molecule has 1 aromatic rings. The van der Waals surface area contributed by atoms with Crippen molar-refractivity contribution < 1.29 is 14.3 Å². The number of hydrogen-bond acceptors (Lipinski definition) is 3. The van der Waals surface area contributed by atoms with Gasteiger partial charge in [0.25, 0.3) is 11.8 Å². The van der Waals surface area contributed by atoms with E-state index in [9.17, 15) is 9.59 Å². The van der Waals surface area contributed by atoms with E-state index in [0.29, 0.717) is 36.6 Å². The number of carbonyl (C=O) groups excluding carboxylic acids is 2. The highest BCUT2D eigenvalue weighted by Crippen LogP contribution is 2.22. The number of ether oxygens (including phenoxy) is 1. The molecule has 5 nitrogen and oxygen atoms in total. The molecule has 0 heterocycles. The zero-order valence-electron chi connectivity index (χ0n) is 25.0. The molecule has 218 valence electrons. The Bertz CT molecular complexity index is 735. The summed E-state index contributed by atoms with van der Waals surface area (Å²) in [4.78, 5) is 25.7. The average molecular weight is 531 g/mol. The van der Waals surface area contributed by atoms with Gasteiger partial charge in [-0.1, -0.05) is 124 Å². The molecule has 0 fully saturated rings. The van der Waals surface area contributed by atoms with E-state index < -0.39 is 0 Å². The van der Waals surface area contributed by atoms with Crippen LogP contribution in [-0.2, 0) is 0 Å². The van der Waals surface area contributed by atoms with Crippen molar-refractivity contribution >= 4 is 11.8 Å². The molecular formula is C33H58N2O3. The monoisotopic (exact) mass is 530 g/mol. The fourth-order valence-electron chi connectivity index (χ4n) is 4.62. The van der Waals surface area contributed by atoms with Crippen LogP contribution in [0.3, 0.4) is 0 Å². The zero-order valence-corrected chi connectivity index (χ0v) is 25.0. The molecular weight excluding hydrogens is 472 g/mol. The van der Waals surface area contributed by atoms with Crippen LogP contribution in [0, 0.1) is 0 Å². The SMILES string of the molecule is CCCCCCCCCNC(=O)c1ccc(C(=O)NCCCCCCCCC)c(OCCCCCCC)c1. The van der Waals surface area contributed by atoms with Crippen LogP contribution in [0.25, 0.3) is 0 Å². The maximum atomic E-state index is 12.9. The summed E-state index contributed by atoms with van der Waals surface area (Å²) in [6.07, 6.45) is 22.8. The molecule has 0 bridgehead atoms. The fourth-order valence-corrected chi connectivity index (χ4v) is 4.62. The van der Waals surface area contributed by atoms with Crippen molar-refractivity contribution in [3.63, 3.8) is 0 Å². The number of rotatable bonds is 25. The van der Waals surface area contributed by atoms with Crippen LogP contribution in [-0.4, -0.2) is 31.5 Å². The highest BCUT2D eigenvalue weighted by atomic mass is 16.5. The minimum absolute atomic E-state index is 0.0983. The van der Waals surface area contributed by atoms with E-state index in [1.165, 1.54) is 83.5 Å². The van der Waals surface area contributed by atoms with Crippen LogP contribution in [0.2, 0.25) is 0 Å². The van der Waals surface area contributed by atoms with Gasteiger partial charge < -0.3 is 15.4 Å². The first-order valence-corrected chi connectivity index (χ1v) is 16.0. The van der Waals surface area contributed by atoms with Crippen LogP contribution in [0.15, 0.2) is 18.2 Å². The molecule has 0 aliphatic carbocycles. The van der Waals surface area contributed by atoms with Gasteiger partial charge in [0, 0.05) is 18.7 Å². The molecule has 0 aliphatic heterocycles. The molecule has 0 saturated carbocycles. The van der Waals surface area contributed by atoms with E-state index >= 15 is 0 Å². The summed E-state index contributed by atoms with van der Waals surface area (Å²) < 4.78 is 6.06. The Labute approximate surface area is 234 Å². The molecule has 0 aliphatic rings. The van der Waals surface area contributed by atoms with E-state index in [4.69, 9.17) is 4.74 Å². The molecule has 0 atom stereocenters. The number of hydrogen-bond donors (Lipinski definition) is 2. The van der Waals surface area contributed by atoms with Crippen molar-refractivity contribution in [2.75, 3.05) is 19.7 Å². The minimum Gasteiger partial charge on any atom is -0.493 e. The fraction of sp³-hybridized carbons (Fsp3) is 0.758. The largest absolute Gasteiger partial charge is 0.493 e. The predicted molar refractivity (Wildman–Crippen MR) is 161 cm³/mol. The Morgan fingerprint density at radius 3 is 1.55 bits per heavy atom. The normalized spacial score (nSPS) is 10.9. The number of nitrogens with one attached hydrogen (secondary N) is 2. The maximum absolute atomic E-state index is 12.9. The molecule has 38 heavy (non-hydrogen) atoms. The van der Waals surface area contributed by atoms with Crippen molar-refractivity contribution in [3.8, 4) is 5.75 Å². The second-order valence-electron chi connectivity index (χ2n) is 10.7.